The molecule has 4 rings (SSSR count). The van der Waals surface area contributed by atoms with Crippen LogP contribution in [0.3, 0.4) is 0 Å². The lowest BCUT2D eigenvalue weighted by Gasteiger charge is -2.23. The van der Waals surface area contributed by atoms with Crippen LogP contribution in [0.1, 0.15) is 52.8 Å². The summed E-state index contributed by atoms with van der Waals surface area (Å²) >= 11 is 6.29. The maximum atomic E-state index is 12.9. The standard InChI is InChI=1S/C26H26ClN3O4S/c27-22-17-18(15-16-24(22)30-35(33,34)20-11-5-2-6-12-20)25(31)29-23-14-8-7-13-21(23)26(32)28-19-9-3-1-4-10-19/h2,5-8,11-17,19,30H,1,3-4,9-10H2,(H,28,32)(H,29,31). The molecule has 1 saturated carbocycles. The molecule has 0 bridgehead atoms. The van der Waals surface area contributed by atoms with Crippen LogP contribution in [0, 0.1) is 0 Å². The second-order valence-electron chi connectivity index (χ2n) is 8.42. The first-order valence-corrected chi connectivity index (χ1v) is 13.3. The molecule has 0 unspecified atom stereocenters. The third-order valence-corrected chi connectivity index (χ3v) is 7.58. The summed E-state index contributed by atoms with van der Waals surface area (Å²) in [4.78, 5) is 25.9. The van der Waals surface area contributed by atoms with E-state index >= 15 is 0 Å². The second kappa shape index (κ2) is 10.9. The molecule has 0 atom stereocenters. The number of para-hydroxylation sites is 1. The van der Waals surface area contributed by atoms with Crippen molar-refractivity contribution >= 4 is 44.8 Å². The Hall–Kier alpha value is -3.36. The largest absolute Gasteiger partial charge is 0.349 e. The van der Waals surface area contributed by atoms with Crippen molar-refractivity contribution in [1.29, 1.82) is 0 Å². The summed E-state index contributed by atoms with van der Waals surface area (Å²) in [5.41, 5.74) is 1.14. The molecule has 3 aromatic carbocycles. The lowest BCUT2D eigenvalue weighted by atomic mass is 9.95. The molecule has 0 radical (unpaired) electrons. The van der Waals surface area contributed by atoms with Crippen molar-refractivity contribution in [1.82, 2.24) is 5.32 Å². The van der Waals surface area contributed by atoms with Crippen LogP contribution in [-0.4, -0.2) is 26.3 Å². The van der Waals surface area contributed by atoms with E-state index in [1.165, 1.54) is 36.8 Å². The molecule has 35 heavy (non-hydrogen) atoms. The van der Waals surface area contributed by atoms with E-state index in [0.717, 1.165) is 25.7 Å². The van der Waals surface area contributed by atoms with Crippen molar-refractivity contribution in [3.05, 3.63) is 88.9 Å². The topological polar surface area (TPSA) is 104 Å². The summed E-state index contributed by atoms with van der Waals surface area (Å²) in [6.45, 7) is 0. The van der Waals surface area contributed by atoms with Crippen LogP contribution in [0.15, 0.2) is 77.7 Å². The van der Waals surface area contributed by atoms with Gasteiger partial charge in [-0.05, 0) is 55.3 Å². The zero-order valence-corrected chi connectivity index (χ0v) is 20.5. The summed E-state index contributed by atoms with van der Waals surface area (Å²) in [6.07, 6.45) is 5.30. The van der Waals surface area contributed by atoms with Crippen LogP contribution in [0.5, 0.6) is 0 Å². The normalized spacial score (nSPS) is 14.2. The summed E-state index contributed by atoms with van der Waals surface area (Å²) in [5.74, 6) is -0.696. The molecule has 3 N–H and O–H groups in total. The number of hydrogen-bond donors (Lipinski definition) is 3. The van der Waals surface area contributed by atoms with Gasteiger partial charge in [-0.1, -0.05) is 61.2 Å². The molecular formula is C26H26ClN3O4S. The van der Waals surface area contributed by atoms with Gasteiger partial charge in [0.2, 0.25) is 0 Å². The van der Waals surface area contributed by atoms with E-state index in [-0.39, 0.29) is 33.1 Å². The minimum atomic E-state index is -3.82. The average Bonchev–Trinajstić information content (AvgIpc) is 2.86. The molecule has 182 valence electrons. The molecule has 0 aromatic heterocycles. The van der Waals surface area contributed by atoms with Gasteiger partial charge < -0.3 is 10.6 Å². The van der Waals surface area contributed by atoms with Gasteiger partial charge in [-0.2, -0.15) is 0 Å². The van der Waals surface area contributed by atoms with Crippen LogP contribution in [0.4, 0.5) is 11.4 Å². The number of rotatable bonds is 7. The fourth-order valence-corrected chi connectivity index (χ4v) is 5.42. The molecule has 1 aliphatic carbocycles. The van der Waals surface area contributed by atoms with Crippen molar-refractivity contribution in [2.75, 3.05) is 10.0 Å². The number of carbonyl (C=O) groups is 2. The van der Waals surface area contributed by atoms with E-state index in [1.54, 1.807) is 42.5 Å². The molecule has 7 nitrogen and oxygen atoms in total. The fraction of sp³-hybridized carbons (Fsp3) is 0.231. The maximum absolute atomic E-state index is 12.9. The molecule has 0 spiro atoms. The number of carbonyl (C=O) groups excluding carboxylic acids is 2. The Morgan fingerprint density at radius 1 is 0.800 bits per heavy atom. The molecule has 1 aliphatic rings. The molecule has 0 saturated heterocycles. The lowest BCUT2D eigenvalue weighted by molar-refractivity contribution is 0.0928. The Morgan fingerprint density at radius 3 is 2.20 bits per heavy atom. The average molecular weight is 512 g/mol. The lowest BCUT2D eigenvalue weighted by Crippen LogP contribution is -2.36. The predicted octanol–water partition coefficient (Wildman–Crippen LogP) is 5.46. The van der Waals surface area contributed by atoms with E-state index in [0.29, 0.717) is 11.3 Å². The van der Waals surface area contributed by atoms with Crippen molar-refractivity contribution in [2.24, 2.45) is 0 Å². The molecule has 0 aliphatic heterocycles. The monoisotopic (exact) mass is 511 g/mol. The van der Waals surface area contributed by atoms with Gasteiger partial charge in [-0.25, -0.2) is 8.42 Å². The quantitative estimate of drug-likeness (QED) is 0.392. The summed E-state index contributed by atoms with van der Waals surface area (Å²) in [6, 6.07) is 19.1. The van der Waals surface area contributed by atoms with Crippen molar-refractivity contribution < 1.29 is 18.0 Å². The van der Waals surface area contributed by atoms with Crippen LogP contribution in [0.25, 0.3) is 0 Å². The molecule has 1 fully saturated rings. The highest BCUT2D eigenvalue weighted by Crippen LogP contribution is 2.27. The fourth-order valence-electron chi connectivity index (χ4n) is 4.04. The van der Waals surface area contributed by atoms with Gasteiger partial charge in [-0.3, -0.25) is 14.3 Å². The molecular weight excluding hydrogens is 486 g/mol. The first kappa shape index (κ1) is 24.8. The van der Waals surface area contributed by atoms with Gasteiger partial charge in [0.1, 0.15) is 0 Å². The van der Waals surface area contributed by atoms with Crippen LogP contribution >= 0.6 is 11.6 Å². The summed E-state index contributed by atoms with van der Waals surface area (Å²) in [7, 11) is -3.82. The number of benzene rings is 3. The van der Waals surface area contributed by atoms with Crippen LogP contribution in [0.2, 0.25) is 5.02 Å². The second-order valence-corrected chi connectivity index (χ2v) is 10.5. The third kappa shape index (κ3) is 6.21. The molecule has 3 aromatic rings. The number of anilines is 2. The van der Waals surface area contributed by atoms with Gasteiger partial charge >= 0.3 is 0 Å². The van der Waals surface area contributed by atoms with Crippen molar-refractivity contribution in [3.8, 4) is 0 Å². The summed E-state index contributed by atoms with van der Waals surface area (Å²) < 4.78 is 27.6. The predicted molar refractivity (Wildman–Crippen MR) is 137 cm³/mol. The van der Waals surface area contributed by atoms with Gasteiger partial charge in [0.25, 0.3) is 21.8 Å². The first-order chi connectivity index (χ1) is 16.8. The Bertz CT molecular complexity index is 1320. The zero-order chi connectivity index (χ0) is 24.8. The first-order valence-electron chi connectivity index (χ1n) is 11.4. The molecule has 2 amide bonds. The highest BCUT2D eigenvalue weighted by atomic mass is 35.5. The zero-order valence-electron chi connectivity index (χ0n) is 19.0. The smallest absolute Gasteiger partial charge is 0.261 e. The number of amides is 2. The number of halogens is 1. The highest BCUT2D eigenvalue weighted by molar-refractivity contribution is 7.92. The van der Waals surface area contributed by atoms with Crippen molar-refractivity contribution in [3.63, 3.8) is 0 Å². The Morgan fingerprint density at radius 2 is 1.49 bits per heavy atom. The van der Waals surface area contributed by atoms with Gasteiger partial charge in [0.05, 0.1) is 26.9 Å². The van der Waals surface area contributed by atoms with E-state index in [2.05, 4.69) is 15.4 Å². The summed E-state index contributed by atoms with van der Waals surface area (Å²) in [5, 5.41) is 5.90. The van der Waals surface area contributed by atoms with E-state index in [4.69, 9.17) is 11.6 Å². The van der Waals surface area contributed by atoms with Gasteiger partial charge in [0, 0.05) is 11.6 Å². The Labute approximate surface area is 209 Å². The van der Waals surface area contributed by atoms with E-state index in [9.17, 15) is 18.0 Å². The molecule has 0 heterocycles. The maximum Gasteiger partial charge on any atom is 0.261 e. The highest BCUT2D eigenvalue weighted by Gasteiger charge is 2.20. The van der Waals surface area contributed by atoms with Crippen LogP contribution < -0.4 is 15.4 Å². The minimum Gasteiger partial charge on any atom is -0.349 e. The van der Waals surface area contributed by atoms with E-state index in [1.807, 2.05) is 0 Å². The third-order valence-electron chi connectivity index (χ3n) is 5.89. The van der Waals surface area contributed by atoms with Gasteiger partial charge in [-0.15, -0.1) is 0 Å². The number of sulfonamides is 1. The van der Waals surface area contributed by atoms with E-state index < -0.39 is 15.9 Å². The minimum absolute atomic E-state index is 0.0699. The molecule has 9 heteroatoms. The number of hydrogen-bond acceptors (Lipinski definition) is 4. The number of nitrogens with one attached hydrogen (secondary N) is 3. The Balaban J connectivity index is 1.47. The SMILES string of the molecule is O=C(Nc1ccccc1C(=O)NC1CCCCC1)c1ccc(NS(=O)(=O)c2ccccc2)c(Cl)c1. The Kier molecular flexibility index (Phi) is 7.73. The van der Waals surface area contributed by atoms with Crippen LogP contribution in [-0.2, 0) is 10.0 Å². The van der Waals surface area contributed by atoms with Crippen molar-refractivity contribution in [2.45, 2.75) is 43.0 Å². The van der Waals surface area contributed by atoms with Gasteiger partial charge in [0.15, 0.2) is 0 Å².